The third-order valence-corrected chi connectivity index (χ3v) is 3.01. The van der Waals surface area contributed by atoms with Crippen LogP contribution in [0.5, 0.6) is 11.5 Å². The van der Waals surface area contributed by atoms with Crippen molar-refractivity contribution >= 4 is 0 Å². The quantitative estimate of drug-likeness (QED) is 0.841. The summed E-state index contributed by atoms with van der Waals surface area (Å²) < 4.78 is 10.6. The first-order valence-corrected chi connectivity index (χ1v) is 6.13. The fourth-order valence-corrected chi connectivity index (χ4v) is 2.06. The number of methoxy groups -OCH3 is 2. The van der Waals surface area contributed by atoms with Gasteiger partial charge in [-0.15, -0.1) is 0 Å². The summed E-state index contributed by atoms with van der Waals surface area (Å²) >= 11 is 0. The van der Waals surface area contributed by atoms with Crippen LogP contribution in [0.15, 0.2) is 18.2 Å². The van der Waals surface area contributed by atoms with Gasteiger partial charge < -0.3 is 20.1 Å². The van der Waals surface area contributed by atoms with Crippen molar-refractivity contribution in [3.63, 3.8) is 0 Å². The molecule has 0 aliphatic heterocycles. The summed E-state index contributed by atoms with van der Waals surface area (Å²) in [6.07, 6.45) is 0.905. The van der Waals surface area contributed by atoms with Crippen molar-refractivity contribution in [1.82, 2.24) is 4.90 Å². The Morgan fingerprint density at radius 2 is 1.78 bits per heavy atom. The summed E-state index contributed by atoms with van der Waals surface area (Å²) in [5.74, 6) is 1.51. The summed E-state index contributed by atoms with van der Waals surface area (Å²) in [7, 11) is 7.41. The number of nitrogens with two attached hydrogens (primary N) is 1. The van der Waals surface area contributed by atoms with E-state index in [0.717, 1.165) is 17.9 Å². The molecule has 2 unspecified atom stereocenters. The van der Waals surface area contributed by atoms with Crippen molar-refractivity contribution in [1.29, 1.82) is 0 Å². The van der Waals surface area contributed by atoms with Crippen molar-refractivity contribution in [2.45, 2.75) is 25.4 Å². The van der Waals surface area contributed by atoms with Gasteiger partial charge >= 0.3 is 0 Å². The van der Waals surface area contributed by atoms with E-state index in [9.17, 15) is 0 Å². The molecule has 1 rings (SSSR count). The Hall–Kier alpha value is -1.26. The van der Waals surface area contributed by atoms with E-state index < -0.39 is 0 Å². The molecule has 1 aromatic rings. The molecular weight excluding hydrogens is 228 g/mol. The molecule has 0 bridgehead atoms. The van der Waals surface area contributed by atoms with Gasteiger partial charge in [0.1, 0.15) is 0 Å². The smallest absolute Gasteiger partial charge is 0.161 e. The van der Waals surface area contributed by atoms with Gasteiger partial charge in [-0.05, 0) is 45.1 Å². The Morgan fingerprint density at radius 1 is 1.17 bits per heavy atom. The summed E-state index contributed by atoms with van der Waals surface area (Å²) in [5, 5.41) is 0. The highest BCUT2D eigenvalue weighted by Crippen LogP contribution is 2.32. The topological polar surface area (TPSA) is 47.7 Å². The van der Waals surface area contributed by atoms with E-state index in [4.69, 9.17) is 15.2 Å². The third kappa shape index (κ3) is 3.62. The minimum absolute atomic E-state index is 0.158. The second kappa shape index (κ2) is 6.61. The van der Waals surface area contributed by atoms with Gasteiger partial charge in [-0.2, -0.15) is 0 Å². The number of ether oxygens (including phenoxy) is 2. The van der Waals surface area contributed by atoms with Crippen LogP contribution in [0.3, 0.4) is 0 Å². The van der Waals surface area contributed by atoms with E-state index in [2.05, 4.69) is 25.1 Å². The van der Waals surface area contributed by atoms with E-state index in [1.807, 2.05) is 19.1 Å². The van der Waals surface area contributed by atoms with Gasteiger partial charge in [-0.1, -0.05) is 6.07 Å². The molecule has 0 heterocycles. The van der Waals surface area contributed by atoms with E-state index in [1.54, 1.807) is 14.2 Å². The van der Waals surface area contributed by atoms with Gasteiger partial charge in [0.15, 0.2) is 11.5 Å². The fourth-order valence-electron chi connectivity index (χ4n) is 2.06. The Morgan fingerprint density at radius 3 is 2.22 bits per heavy atom. The highest BCUT2D eigenvalue weighted by molar-refractivity contribution is 5.43. The van der Waals surface area contributed by atoms with E-state index in [0.29, 0.717) is 0 Å². The van der Waals surface area contributed by atoms with E-state index in [1.165, 1.54) is 5.56 Å². The van der Waals surface area contributed by atoms with Crippen LogP contribution in [0, 0.1) is 0 Å². The number of nitrogens with zero attached hydrogens (tertiary/aromatic N) is 1. The minimum atomic E-state index is 0.158. The molecule has 0 aliphatic rings. The Kier molecular flexibility index (Phi) is 5.44. The fraction of sp³-hybridized carbons (Fsp3) is 0.571. The second-order valence-electron chi connectivity index (χ2n) is 4.81. The summed E-state index contributed by atoms with van der Waals surface area (Å²) in [4.78, 5) is 2.17. The second-order valence-corrected chi connectivity index (χ2v) is 4.81. The molecule has 0 aliphatic carbocycles. The molecule has 4 nitrogen and oxygen atoms in total. The average Bonchev–Trinajstić information content (AvgIpc) is 2.34. The van der Waals surface area contributed by atoms with Crippen molar-refractivity contribution in [3.05, 3.63) is 23.8 Å². The molecule has 0 spiro atoms. The molecular formula is C14H24N2O2. The zero-order valence-electron chi connectivity index (χ0n) is 11.9. The predicted molar refractivity (Wildman–Crippen MR) is 74.2 cm³/mol. The maximum absolute atomic E-state index is 5.91. The average molecular weight is 252 g/mol. The normalized spacial score (nSPS) is 14.4. The van der Waals surface area contributed by atoms with Crippen LogP contribution in [-0.2, 0) is 0 Å². The van der Waals surface area contributed by atoms with Gasteiger partial charge in [-0.25, -0.2) is 0 Å². The Labute approximate surface area is 110 Å². The SMILES string of the molecule is COc1ccc(C(CC(C)N)N(C)C)cc1OC. The lowest BCUT2D eigenvalue weighted by Crippen LogP contribution is -2.27. The van der Waals surface area contributed by atoms with Gasteiger partial charge in [-0.3, -0.25) is 0 Å². The number of rotatable bonds is 6. The highest BCUT2D eigenvalue weighted by atomic mass is 16.5. The molecule has 2 N–H and O–H groups in total. The highest BCUT2D eigenvalue weighted by Gasteiger charge is 2.17. The third-order valence-electron chi connectivity index (χ3n) is 3.01. The first-order chi connectivity index (χ1) is 8.49. The lowest BCUT2D eigenvalue weighted by atomic mass is 9.99. The van der Waals surface area contributed by atoms with Crippen LogP contribution in [0.2, 0.25) is 0 Å². The van der Waals surface area contributed by atoms with Crippen LogP contribution >= 0.6 is 0 Å². The van der Waals surface area contributed by atoms with Crippen LogP contribution < -0.4 is 15.2 Å². The summed E-state index contributed by atoms with van der Waals surface area (Å²) in [6.45, 7) is 2.03. The number of hydrogen-bond donors (Lipinski definition) is 1. The van der Waals surface area contributed by atoms with Gasteiger partial charge in [0.2, 0.25) is 0 Å². The molecule has 4 heteroatoms. The van der Waals surface area contributed by atoms with Crippen LogP contribution in [0.25, 0.3) is 0 Å². The molecule has 0 radical (unpaired) electrons. The van der Waals surface area contributed by atoms with Crippen LogP contribution in [0.4, 0.5) is 0 Å². The van der Waals surface area contributed by atoms with E-state index >= 15 is 0 Å². The predicted octanol–water partition coefficient (Wildman–Crippen LogP) is 2.04. The lowest BCUT2D eigenvalue weighted by molar-refractivity contribution is 0.271. The number of hydrogen-bond acceptors (Lipinski definition) is 4. The molecule has 0 aromatic heterocycles. The maximum atomic E-state index is 5.91. The lowest BCUT2D eigenvalue weighted by Gasteiger charge is -2.27. The van der Waals surface area contributed by atoms with E-state index in [-0.39, 0.29) is 12.1 Å². The van der Waals surface area contributed by atoms with Crippen molar-refractivity contribution < 1.29 is 9.47 Å². The van der Waals surface area contributed by atoms with Crippen LogP contribution in [0.1, 0.15) is 24.9 Å². The Balaban J connectivity index is 3.05. The summed E-state index contributed by atoms with van der Waals surface area (Å²) in [5.41, 5.74) is 7.10. The minimum Gasteiger partial charge on any atom is -0.493 e. The molecule has 0 fully saturated rings. The standard InChI is InChI=1S/C14H24N2O2/c1-10(15)8-12(16(2)3)11-6-7-13(17-4)14(9-11)18-5/h6-7,9-10,12H,8,15H2,1-5H3. The Bertz CT molecular complexity index is 378. The molecule has 0 amide bonds. The molecule has 18 heavy (non-hydrogen) atoms. The monoisotopic (exact) mass is 252 g/mol. The van der Waals surface area contributed by atoms with Gasteiger partial charge in [0.25, 0.3) is 0 Å². The zero-order chi connectivity index (χ0) is 13.7. The van der Waals surface area contributed by atoms with Crippen molar-refractivity contribution in [3.8, 4) is 11.5 Å². The largest absolute Gasteiger partial charge is 0.493 e. The number of benzene rings is 1. The molecule has 1 aromatic carbocycles. The van der Waals surface area contributed by atoms with Gasteiger partial charge in [0, 0.05) is 12.1 Å². The van der Waals surface area contributed by atoms with Crippen molar-refractivity contribution in [2.24, 2.45) is 5.73 Å². The van der Waals surface area contributed by atoms with Gasteiger partial charge in [0.05, 0.1) is 14.2 Å². The first kappa shape index (κ1) is 14.8. The van der Waals surface area contributed by atoms with Crippen LogP contribution in [-0.4, -0.2) is 39.3 Å². The summed E-state index contributed by atoms with van der Waals surface area (Å²) in [6, 6.07) is 6.46. The zero-order valence-corrected chi connectivity index (χ0v) is 11.9. The molecule has 102 valence electrons. The maximum Gasteiger partial charge on any atom is 0.161 e. The first-order valence-electron chi connectivity index (χ1n) is 6.13. The molecule has 0 saturated heterocycles. The van der Waals surface area contributed by atoms with Crippen molar-refractivity contribution in [2.75, 3.05) is 28.3 Å². The molecule has 2 atom stereocenters. The molecule has 0 saturated carbocycles.